The van der Waals surface area contributed by atoms with Crippen LogP contribution < -0.4 is 4.90 Å². The fourth-order valence-corrected chi connectivity index (χ4v) is 6.63. The van der Waals surface area contributed by atoms with Crippen LogP contribution in [0.1, 0.15) is 65.5 Å². The van der Waals surface area contributed by atoms with Gasteiger partial charge >= 0.3 is 0 Å². The molecule has 1 heterocycles. The topological polar surface area (TPSA) is 6.48 Å². The van der Waals surface area contributed by atoms with E-state index in [1.807, 2.05) is 0 Å². The Labute approximate surface area is 232 Å². The minimum atomic E-state index is 0.190. The molecule has 4 aromatic rings. The second-order valence-corrected chi connectivity index (χ2v) is 11.5. The Kier molecular flexibility index (Phi) is 7.28. The maximum absolute atomic E-state index is 6.77. The van der Waals surface area contributed by atoms with Crippen LogP contribution in [0.5, 0.6) is 0 Å². The van der Waals surface area contributed by atoms with Crippen molar-refractivity contribution in [2.45, 2.75) is 51.5 Å². The summed E-state index contributed by atoms with van der Waals surface area (Å²) in [4.78, 5) is 5.06. The minimum absolute atomic E-state index is 0.190. The molecule has 2 nitrogen and oxygen atoms in total. The van der Waals surface area contributed by atoms with Crippen LogP contribution in [0.25, 0.3) is 11.1 Å². The van der Waals surface area contributed by atoms with Gasteiger partial charge in [-0.3, -0.25) is 4.90 Å². The molecule has 0 amide bonds. The fraction of sp³-hybridized carbons (Fsp3) is 0.314. The zero-order chi connectivity index (χ0) is 26.1. The van der Waals surface area contributed by atoms with Crippen LogP contribution >= 0.6 is 11.6 Å². The van der Waals surface area contributed by atoms with Gasteiger partial charge in [0.1, 0.15) is 0 Å². The smallest absolute Gasteiger partial charge is 0.0716 e. The molecular weight excluding hydrogens is 484 g/mol. The van der Waals surface area contributed by atoms with Gasteiger partial charge in [-0.25, -0.2) is 0 Å². The van der Waals surface area contributed by atoms with Crippen molar-refractivity contribution in [1.29, 1.82) is 0 Å². The largest absolute Gasteiger partial charge is 0.356 e. The van der Waals surface area contributed by atoms with Gasteiger partial charge in [-0.05, 0) is 78.1 Å². The number of aryl methyl sites for hydroxylation is 2. The van der Waals surface area contributed by atoms with Gasteiger partial charge in [0.25, 0.3) is 0 Å². The van der Waals surface area contributed by atoms with Gasteiger partial charge < -0.3 is 4.90 Å². The lowest BCUT2D eigenvalue weighted by molar-refractivity contribution is 0.283. The molecule has 194 valence electrons. The summed E-state index contributed by atoms with van der Waals surface area (Å²) in [5.74, 6) is 0.704. The molecule has 2 fully saturated rings. The predicted octanol–water partition coefficient (Wildman–Crippen LogP) is 9.15. The highest BCUT2D eigenvalue weighted by atomic mass is 35.5. The van der Waals surface area contributed by atoms with Crippen LogP contribution in [0.2, 0.25) is 5.02 Å². The number of anilines is 1. The lowest BCUT2D eigenvalue weighted by Crippen LogP contribution is -2.30. The van der Waals surface area contributed by atoms with Crippen LogP contribution in [0.4, 0.5) is 5.69 Å². The Balaban J connectivity index is 1.38. The van der Waals surface area contributed by atoms with E-state index in [9.17, 15) is 0 Å². The van der Waals surface area contributed by atoms with Crippen molar-refractivity contribution in [3.8, 4) is 11.1 Å². The summed E-state index contributed by atoms with van der Waals surface area (Å²) >= 11 is 6.77. The number of benzene rings is 4. The average Bonchev–Trinajstić information content (AvgIpc) is 3.65. The van der Waals surface area contributed by atoms with Crippen molar-refractivity contribution in [2.24, 2.45) is 0 Å². The third-order valence-electron chi connectivity index (χ3n) is 8.53. The molecule has 3 heteroatoms. The molecule has 38 heavy (non-hydrogen) atoms. The first-order chi connectivity index (χ1) is 18.6. The number of nitrogens with zero attached hydrogens (tertiary/aromatic N) is 2. The summed E-state index contributed by atoms with van der Waals surface area (Å²) in [6, 6.07) is 34.1. The van der Waals surface area contributed by atoms with E-state index in [2.05, 4.69) is 115 Å². The van der Waals surface area contributed by atoms with Crippen molar-refractivity contribution in [3.05, 3.63) is 124 Å². The molecule has 0 spiro atoms. The van der Waals surface area contributed by atoms with Crippen LogP contribution in [0.3, 0.4) is 0 Å². The molecule has 2 aliphatic rings. The molecule has 1 aliphatic carbocycles. The zero-order valence-corrected chi connectivity index (χ0v) is 23.3. The van der Waals surface area contributed by atoms with Gasteiger partial charge in [0.15, 0.2) is 0 Å². The number of hydrogen-bond acceptors (Lipinski definition) is 2. The second-order valence-electron chi connectivity index (χ2n) is 11.2. The molecule has 4 aromatic carbocycles. The number of hydrogen-bond donors (Lipinski definition) is 0. The highest BCUT2D eigenvalue weighted by molar-refractivity contribution is 6.34. The van der Waals surface area contributed by atoms with Gasteiger partial charge in [-0.15, -0.1) is 0 Å². The van der Waals surface area contributed by atoms with E-state index in [4.69, 9.17) is 11.6 Å². The summed E-state index contributed by atoms with van der Waals surface area (Å²) in [5.41, 5.74) is 10.4. The second kappa shape index (κ2) is 11.0. The fourth-order valence-electron chi connectivity index (χ4n) is 6.38. The van der Waals surface area contributed by atoms with Gasteiger partial charge in [-0.1, -0.05) is 109 Å². The summed E-state index contributed by atoms with van der Waals surface area (Å²) in [6.45, 7) is 7.06. The molecule has 0 aromatic heterocycles. The third kappa shape index (κ3) is 5.13. The zero-order valence-electron chi connectivity index (χ0n) is 22.5. The highest BCUT2D eigenvalue weighted by Gasteiger charge is 2.31. The number of rotatable bonds is 6. The molecule has 1 aliphatic heterocycles. The van der Waals surface area contributed by atoms with Crippen LogP contribution in [-0.4, -0.2) is 24.7 Å². The molecule has 0 N–H and O–H groups in total. The first-order valence-corrected chi connectivity index (χ1v) is 14.5. The Hall–Kier alpha value is -3.07. The lowest BCUT2D eigenvalue weighted by atomic mass is 9.90. The van der Waals surface area contributed by atoms with E-state index >= 15 is 0 Å². The Morgan fingerprint density at radius 2 is 1.45 bits per heavy atom. The van der Waals surface area contributed by atoms with Crippen molar-refractivity contribution in [2.75, 3.05) is 24.7 Å². The first kappa shape index (κ1) is 25.2. The standard InChI is InChI=1S/C35H37ClN2/c1-25-16-18-28(19-17-25)30-12-7-14-32(23-30)35(31-13-6-11-29(22-31)27-9-3-4-10-27)38-21-20-37(24-38)33-15-5-8-26(2)34(33)36/h5-8,11-19,22-23,27,35H,3-4,9-10,20-21,24H2,1-2H3. The predicted molar refractivity (Wildman–Crippen MR) is 161 cm³/mol. The Morgan fingerprint density at radius 1 is 0.737 bits per heavy atom. The third-order valence-corrected chi connectivity index (χ3v) is 9.02. The first-order valence-electron chi connectivity index (χ1n) is 14.1. The monoisotopic (exact) mass is 520 g/mol. The molecule has 1 unspecified atom stereocenters. The summed E-state index contributed by atoms with van der Waals surface area (Å²) in [7, 11) is 0. The summed E-state index contributed by atoms with van der Waals surface area (Å²) in [5, 5.41) is 0.871. The maximum Gasteiger partial charge on any atom is 0.0716 e. The van der Waals surface area contributed by atoms with E-state index in [1.165, 1.54) is 59.1 Å². The Morgan fingerprint density at radius 3 is 2.24 bits per heavy atom. The van der Waals surface area contributed by atoms with Gasteiger partial charge in [-0.2, -0.15) is 0 Å². The van der Waals surface area contributed by atoms with Crippen molar-refractivity contribution in [3.63, 3.8) is 0 Å². The average molecular weight is 521 g/mol. The summed E-state index contributed by atoms with van der Waals surface area (Å²) in [6.07, 6.45) is 5.35. The van der Waals surface area contributed by atoms with E-state index in [0.717, 1.165) is 36.0 Å². The SMILES string of the molecule is Cc1ccc(-c2cccc(C(c3cccc(C4CCCC4)c3)N3CCN(c4cccc(C)c4Cl)C3)c2)cc1. The normalized spacial score (nSPS) is 17.3. The van der Waals surface area contributed by atoms with E-state index in [-0.39, 0.29) is 6.04 Å². The van der Waals surface area contributed by atoms with Crippen LogP contribution in [-0.2, 0) is 0 Å². The molecule has 1 saturated heterocycles. The van der Waals surface area contributed by atoms with E-state index in [0.29, 0.717) is 5.92 Å². The van der Waals surface area contributed by atoms with Crippen molar-refractivity contribution >= 4 is 17.3 Å². The van der Waals surface area contributed by atoms with Gasteiger partial charge in [0.2, 0.25) is 0 Å². The summed E-state index contributed by atoms with van der Waals surface area (Å²) < 4.78 is 0. The van der Waals surface area contributed by atoms with Crippen molar-refractivity contribution in [1.82, 2.24) is 4.90 Å². The molecule has 1 saturated carbocycles. The molecular formula is C35H37ClN2. The molecule has 0 bridgehead atoms. The molecule has 0 radical (unpaired) electrons. The van der Waals surface area contributed by atoms with Gasteiger partial charge in [0.05, 0.1) is 23.4 Å². The van der Waals surface area contributed by atoms with Crippen LogP contribution in [0, 0.1) is 13.8 Å². The molecule has 1 atom stereocenters. The lowest BCUT2D eigenvalue weighted by Gasteiger charge is -2.30. The molecule has 6 rings (SSSR count). The van der Waals surface area contributed by atoms with Crippen LogP contribution in [0.15, 0.2) is 91.0 Å². The van der Waals surface area contributed by atoms with E-state index in [1.54, 1.807) is 0 Å². The van der Waals surface area contributed by atoms with Crippen molar-refractivity contribution < 1.29 is 0 Å². The van der Waals surface area contributed by atoms with E-state index < -0.39 is 0 Å². The highest BCUT2D eigenvalue weighted by Crippen LogP contribution is 2.39. The Bertz CT molecular complexity index is 1400. The number of halogens is 1. The van der Waals surface area contributed by atoms with Gasteiger partial charge in [0, 0.05) is 13.1 Å². The quantitative estimate of drug-likeness (QED) is 0.250. The maximum atomic E-state index is 6.77. The minimum Gasteiger partial charge on any atom is -0.356 e.